The van der Waals surface area contributed by atoms with Gasteiger partial charge in [0.2, 0.25) is 5.91 Å². The van der Waals surface area contributed by atoms with Crippen LogP contribution in [-0.4, -0.2) is 5.91 Å². The van der Waals surface area contributed by atoms with Gasteiger partial charge in [-0.3, -0.25) is 4.79 Å². The quantitative estimate of drug-likeness (QED) is 0.473. The molecule has 74 valence electrons. The fraction of sp³-hybridized carbons (Fsp3) is 0.100. The molecule has 0 aliphatic heterocycles. The van der Waals surface area contributed by atoms with E-state index >= 15 is 0 Å². The largest absolute Gasteiger partial charge is 0.397 e. The minimum Gasteiger partial charge on any atom is -0.397 e. The molecule has 4 nitrogen and oxygen atoms in total. The van der Waals surface area contributed by atoms with Crippen LogP contribution >= 0.6 is 0 Å². The highest BCUT2D eigenvalue weighted by Crippen LogP contribution is 2.21. The molecule has 0 radical (unpaired) electrons. The molecule has 1 aromatic carbocycles. The number of rotatable bonds is 2. The van der Waals surface area contributed by atoms with Crippen LogP contribution in [0, 0.1) is 6.92 Å². The van der Waals surface area contributed by atoms with Crippen molar-refractivity contribution in [1.29, 1.82) is 0 Å². The highest BCUT2D eigenvalue weighted by molar-refractivity contribution is 5.90. The number of carbonyl (C=O) groups is 1. The molecule has 0 unspecified atom stereocenters. The standard InChI is InChI=1S/C10H13N3O/c1-6-4-8(11)9(12)5-7(6)2-3-10(13)14/h2-5H,11-12H2,1H3,(H2,13,14). The second-order valence-corrected chi connectivity index (χ2v) is 3.07. The Kier molecular flexibility index (Phi) is 2.76. The highest BCUT2D eigenvalue weighted by Gasteiger charge is 1.99. The van der Waals surface area contributed by atoms with Crippen molar-refractivity contribution in [1.82, 2.24) is 0 Å². The van der Waals surface area contributed by atoms with Crippen molar-refractivity contribution >= 4 is 23.4 Å². The molecule has 1 aromatic rings. The fourth-order valence-electron chi connectivity index (χ4n) is 1.12. The summed E-state index contributed by atoms with van der Waals surface area (Å²) >= 11 is 0. The Bertz CT molecular complexity index is 397. The number of hydrogen-bond donors (Lipinski definition) is 3. The summed E-state index contributed by atoms with van der Waals surface area (Å²) in [5.74, 6) is -0.486. The van der Waals surface area contributed by atoms with Crippen LogP contribution in [0.2, 0.25) is 0 Å². The van der Waals surface area contributed by atoms with Gasteiger partial charge < -0.3 is 17.2 Å². The van der Waals surface area contributed by atoms with Gasteiger partial charge in [0.15, 0.2) is 0 Å². The number of amides is 1. The molecule has 0 atom stereocenters. The Morgan fingerprint density at radius 2 is 1.86 bits per heavy atom. The van der Waals surface area contributed by atoms with Gasteiger partial charge in [-0.2, -0.15) is 0 Å². The van der Waals surface area contributed by atoms with Crippen LogP contribution in [0.4, 0.5) is 11.4 Å². The van der Waals surface area contributed by atoms with Gasteiger partial charge in [-0.15, -0.1) is 0 Å². The number of nitrogens with two attached hydrogens (primary N) is 3. The Morgan fingerprint density at radius 3 is 2.43 bits per heavy atom. The Hall–Kier alpha value is -1.97. The van der Waals surface area contributed by atoms with Crippen LogP contribution in [0.15, 0.2) is 18.2 Å². The van der Waals surface area contributed by atoms with Crippen molar-refractivity contribution in [2.75, 3.05) is 11.5 Å². The van der Waals surface area contributed by atoms with E-state index in [9.17, 15) is 4.79 Å². The highest BCUT2D eigenvalue weighted by atomic mass is 16.1. The summed E-state index contributed by atoms with van der Waals surface area (Å²) in [4.78, 5) is 10.5. The zero-order valence-electron chi connectivity index (χ0n) is 7.95. The van der Waals surface area contributed by atoms with Gasteiger partial charge in [0.1, 0.15) is 0 Å². The number of anilines is 2. The number of nitrogen functional groups attached to an aromatic ring is 2. The maximum Gasteiger partial charge on any atom is 0.241 e. The molecule has 0 fully saturated rings. The molecule has 0 bridgehead atoms. The third-order valence-corrected chi connectivity index (χ3v) is 1.90. The predicted octanol–water partition coefficient (Wildman–Crippen LogP) is 0.658. The minimum atomic E-state index is -0.486. The van der Waals surface area contributed by atoms with Crippen molar-refractivity contribution in [2.45, 2.75) is 6.92 Å². The SMILES string of the molecule is Cc1cc(N)c(N)cc1C=CC(N)=O. The van der Waals surface area contributed by atoms with E-state index < -0.39 is 5.91 Å². The van der Waals surface area contributed by atoms with E-state index in [1.807, 2.05) is 6.92 Å². The van der Waals surface area contributed by atoms with Gasteiger partial charge in [-0.1, -0.05) is 0 Å². The molecule has 0 aliphatic carbocycles. The van der Waals surface area contributed by atoms with E-state index in [-0.39, 0.29) is 0 Å². The molecule has 6 N–H and O–H groups in total. The van der Waals surface area contributed by atoms with E-state index in [1.54, 1.807) is 18.2 Å². The molecule has 0 saturated carbocycles. The van der Waals surface area contributed by atoms with E-state index in [4.69, 9.17) is 17.2 Å². The van der Waals surface area contributed by atoms with Crippen molar-refractivity contribution in [3.63, 3.8) is 0 Å². The Labute approximate surface area is 82.4 Å². The summed E-state index contributed by atoms with van der Waals surface area (Å²) < 4.78 is 0. The van der Waals surface area contributed by atoms with Crippen LogP contribution in [0.25, 0.3) is 6.08 Å². The number of carbonyl (C=O) groups excluding carboxylic acids is 1. The summed E-state index contributed by atoms with van der Waals surface area (Å²) in [6.45, 7) is 1.89. The first-order valence-electron chi connectivity index (χ1n) is 4.14. The van der Waals surface area contributed by atoms with E-state index in [2.05, 4.69) is 0 Å². The first-order chi connectivity index (χ1) is 6.50. The van der Waals surface area contributed by atoms with Crippen molar-refractivity contribution in [3.05, 3.63) is 29.3 Å². The van der Waals surface area contributed by atoms with Crippen molar-refractivity contribution in [3.8, 4) is 0 Å². The zero-order chi connectivity index (χ0) is 10.7. The number of aryl methyl sites for hydroxylation is 1. The number of hydrogen-bond acceptors (Lipinski definition) is 3. The molecular weight excluding hydrogens is 178 g/mol. The van der Waals surface area contributed by atoms with Crippen molar-refractivity contribution < 1.29 is 4.79 Å². The summed E-state index contributed by atoms with van der Waals surface area (Å²) in [6.07, 6.45) is 2.91. The fourth-order valence-corrected chi connectivity index (χ4v) is 1.12. The molecule has 1 rings (SSSR count). The van der Waals surface area contributed by atoms with Gasteiger partial charge in [0.25, 0.3) is 0 Å². The maximum absolute atomic E-state index is 10.5. The second-order valence-electron chi connectivity index (χ2n) is 3.07. The molecule has 0 saturated heterocycles. The van der Waals surface area contributed by atoms with E-state index in [0.29, 0.717) is 11.4 Å². The van der Waals surface area contributed by atoms with Gasteiger partial charge in [0.05, 0.1) is 11.4 Å². The first-order valence-corrected chi connectivity index (χ1v) is 4.14. The number of primary amides is 1. The normalized spacial score (nSPS) is 10.6. The summed E-state index contributed by atoms with van der Waals surface area (Å²) in [5, 5.41) is 0. The lowest BCUT2D eigenvalue weighted by Crippen LogP contribution is -2.05. The average molecular weight is 191 g/mol. The van der Waals surface area contributed by atoms with E-state index in [1.165, 1.54) is 6.08 Å². The summed E-state index contributed by atoms with van der Waals surface area (Å²) in [5.41, 5.74) is 19.0. The van der Waals surface area contributed by atoms with Gasteiger partial charge in [-0.25, -0.2) is 0 Å². The van der Waals surface area contributed by atoms with Gasteiger partial charge in [0, 0.05) is 6.08 Å². The van der Waals surface area contributed by atoms with Crippen LogP contribution in [0.3, 0.4) is 0 Å². The molecule has 0 aromatic heterocycles. The van der Waals surface area contributed by atoms with Crippen LogP contribution in [-0.2, 0) is 4.79 Å². The number of benzene rings is 1. The van der Waals surface area contributed by atoms with E-state index in [0.717, 1.165) is 11.1 Å². The maximum atomic E-state index is 10.5. The molecule has 4 heteroatoms. The second kappa shape index (κ2) is 3.83. The molecule has 0 heterocycles. The lowest BCUT2D eigenvalue weighted by atomic mass is 10.1. The molecule has 0 aliphatic rings. The third-order valence-electron chi connectivity index (χ3n) is 1.90. The third kappa shape index (κ3) is 2.26. The Morgan fingerprint density at radius 1 is 1.29 bits per heavy atom. The molecule has 14 heavy (non-hydrogen) atoms. The van der Waals surface area contributed by atoms with Gasteiger partial charge >= 0.3 is 0 Å². The summed E-state index contributed by atoms with van der Waals surface area (Å²) in [6, 6.07) is 3.47. The lowest BCUT2D eigenvalue weighted by molar-refractivity contribution is -0.113. The topological polar surface area (TPSA) is 95.1 Å². The smallest absolute Gasteiger partial charge is 0.241 e. The van der Waals surface area contributed by atoms with Crippen molar-refractivity contribution in [2.24, 2.45) is 5.73 Å². The lowest BCUT2D eigenvalue weighted by Gasteiger charge is -2.05. The predicted molar refractivity (Wildman–Crippen MR) is 58.2 cm³/mol. The average Bonchev–Trinajstić information content (AvgIpc) is 2.09. The molecule has 0 spiro atoms. The Balaban J connectivity index is 3.10. The van der Waals surface area contributed by atoms with Crippen LogP contribution < -0.4 is 17.2 Å². The zero-order valence-corrected chi connectivity index (χ0v) is 7.95. The molecular formula is C10H13N3O. The van der Waals surface area contributed by atoms with Crippen LogP contribution in [0.5, 0.6) is 0 Å². The summed E-state index contributed by atoms with van der Waals surface area (Å²) in [7, 11) is 0. The first kappa shape index (κ1) is 10.1. The van der Waals surface area contributed by atoms with Gasteiger partial charge in [-0.05, 0) is 36.3 Å². The van der Waals surface area contributed by atoms with Crippen LogP contribution in [0.1, 0.15) is 11.1 Å². The monoisotopic (exact) mass is 191 g/mol. The molecule has 1 amide bonds. The minimum absolute atomic E-state index is 0.486.